The van der Waals surface area contributed by atoms with Crippen molar-refractivity contribution >= 4 is 11.6 Å². The normalized spacial score (nSPS) is 24.0. The lowest BCUT2D eigenvalue weighted by atomic mass is 9.97. The van der Waals surface area contributed by atoms with E-state index in [1.54, 1.807) is 12.1 Å². The number of aliphatic hydroxyl groups excluding tert-OH is 1. The molecule has 152 valence electrons. The first-order chi connectivity index (χ1) is 13.0. The number of hydrogen-bond acceptors (Lipinski definition) is 4. The van der Waals surface area contributed by atoms with Crippen LogP contribution < -0.4 is 0 Å². The van der Waals surface area contributed by atoms with Gasteiger partial charge < -0.3 is 10.0 Å². The minimum Gasteiger partial charge on any atom is -0.396 e. The van der Waals surface area contributed by atoms with Gasteiger partial charge in [-0.15, -0.1) is 0 Å². The first-order valence-corrected chi connectivity index (χ1v) is 10.6. The Hall–Kier alpha value is -0.720. The number of halogens is 2. The molecule has 0 radical (unpaired) electrons. The Kier molecular flexibility index (Phi) is 7.51. The van der Waals surface area contributed by atoms with Crippen molar-refractivity contribution in [1.82, 2.24) is 14.7 Å². The van der Waals surface area contributed by atoms with Crippen LogP contribution in [-0.4, -0.2) is 77.3 Å². The summed E-state index contributed by atoms with van der Waals surface area (Å²) < 4.78 is 14.2. The average molecular weight is 398 g/mol. The fourth-order valence-electron chi connectivity index (χ4n) is 4.60. The second kappa shape index (κ2) is 9.66. The molecule has 27 heavy (non-hydrogen) atoms. The number of benzene rings is 1. The molecule has 0 aliphatic carbocycles. The third-order valence-electron chi connectivity index (χ3n) is 6.22. The Morgan fingerprint density at radius 1 is 1.19 bits per heavy atom. The highest BCUT2D eigenvalue weighted by atomic mass is 35.5. The first-order valence-electron chi connectivity index (χ1n) is 10.3. The van der Waals surface area contributed by atoms with Crippen LogP contribution in [0.1, 0.15) is 38.7 Å². The minimum atomic E-state index is -0.232. The van der Waals surface area contributed by atoms with Gasteiger partial charge in [-0.25, -0.2) is 4.39 Å². The molecule has 2 aliphatic rings. The minimum absolute atomic E-state index is 0.195. The molecule has 1 N–H and O–H groups in total. The third kappa shape index (κ3) is 5.21. The van der Waals surface area contributed by atoms with E-state index in [2.05, 4.69) is 28.5 Å². The maximum atomic E-state index is 14.2. The lowest BCUT2D eigenvalue weighted by molar-refractivity contribution is -0.000279. The number of nitrogens with zero attached hydrogens (tertiary/aromatic N) is 3. The highest BCUT2D eigenvalue weighted by Crippen LogP contribution is 2.26. The molecule has 2 saturated heterocycles. The number of likely N-dealkylation sites (tertiary alicyclic amines) is 1. The Balaban J connectivity index is 1.62. The van der Waals surface area contributed by atoms with E-state index in [9.17, 15) is 9.50 Å². The molecule has 1 aromatic carbocycles. The summed E-state index contributed by atoms with van der Waals surface area (Å²) in [5.74, 6) is -0.232. The largest absolute Gasteiger partial charge is 0.396 e. The van der Waals surface area contributed by atoms with Crippen LogP contribution in [0.4, 0.5) is 4.39 Å². The van der Waals surface area contributed by atoms with Gasteiger partial charge in [0.05, 0.1) is 0 Å². The van der Waals surface area contributed by atoms with Gasteiger partial charge in [-0.2, -0.15) is 0 Å². The monoisotopic (exact) mass is 397 g/mol. The number of piperidine rings is 1. The Bertz CT molecular complexity index is 587. The molecular weight excluding hydrogens is 365 g/mol. The molecule has 0 unspecified atom stereocenters. The van der Waals surface area contributed by atoms with Gasteiger partial charge in [-0.05, 0) is 58.3 Å². The van der Waals surface area contributed by atoms with Gasteiger partial charge in [0, 0.05) is 61.5 Å². The van der Waals surface area contributed by atoms with Crippen LogP contribution in [0, 0.1) is 5.82 Å². The second-order valence-electron chi connectivity index (χ2n) is 8.20. The van der Waals surface area contributed by atoms with E-state index < -0.39 is 0 Å². The highest BCUT2D eigenvalue weighted by molar-refractivity contribution is 6.31. The van der Waals surface area contributed by atoms with Crippen LogP contribution in [0.5, 0.6) is 0 Å². The molecule has 1 aromatic rings. The molecule has 2 aliphatic heterocycles. The Morgan fingerprint density at radius 2 is 1.93 bits per heavy atom. The predicted molar refractivity (Wildman–Crippen MR) is 109 cm³/mol. The summed E-state index contributed by atoms with van der Waals surface area (Å²) in [6.07, 6.45) is 3.16. The van der Waals surface area contributed by atoms with E-state index >= 15 is 0 Å². The van der Waals surface area contributed by atoms with Crippen molar-refractivity contribution < 1.29 is 9.50 Å². The number of aliphatic hydroxyl groups is 1. The molecule has 3 rings (SSSR count). The topological polar surface area (TPSA) is 30.0 Å². The van der Waals surface area contributed by atoms with Crippen molar-refractivity contribution in [2.75, 3.05) is 39.3 Å². The molecule has 0 saturated carbocycles. The van der Waals surface area contributed by atoms with E-state index in [1.807, 2.05) is 0 Å². The highest BCUT2D eigenvalue weighted by Gasteiger charge is 2.34. The predicted octanol–water partition coefficient (Wildman–Crippen LogP) is 3.22. The molecule has 0 bridgehead atoms. The molecular formula is C21H33ClFN3O. The summed E-state index contributed by atoms with van der Waals surface area (Å²) in [5.41, 5.74) is 0.584. The summed E-state index contributed by atoms with van der Waals surface area (Å²) in [4.78, 5) is 7.44. The van der Waals surface area contributed by atoms with Crippen molar-refractivity contribution in [2.45, 2.75) is 57.8 Å². The molecule has 2 fully saturated rings. The molecule has 0 amide bonds. The molecule has 6 heteroatoms. The number of piperazine rings is 1. The van der Waals surface area contributed by atoms with Crippen LogP contribution in [0.25, 0.3) is 0 Å². The van der Waals surface area contributed by atoms with Crippen molar-refractivity contribution in [3.05, 3.63) is 34.6 Å². The second-order valence-corrected chi connectivity index (χ2v) is 8.61. The quantitative estimate of drug-likeness (QED) is 0.798. The summed E-state index contributed by atoms with van der Waals surface area (Å²) in [5, 5.41) is 10.1. The van der Waals surface area contributed by atoms with Crippen molar-refractivity contribution in [3.63, 3.8) is 0 Å². The maximum absolute atomic E-state index is 14.2. The van der Waals surface area contributed by atoms with Crippen LogP contribution >= 0.6 is 11.6 Å². The maximum Gasteiger partial charge on any atom is 0.129 e. The van der Waals surface area contributed by atoms with E-state index in [1.165, 1.54) is 18.9 Å². The summed E-state index contributed by atoms with van der Waals surface area (Å²) in [7, 11) is 0. The van der Waals surface area contributed by atoms with E-state index in [4.69, 9.17) is 11.6 Å². The van der Waals surface area contributed by atoms with Gasteiger partial charge in [-0.1, -0.05) is 17.7 Å². The van der Waals surface area contributed by atoms with E-state index in [0.717, 1.165) is 39.1 Å². The van der Waals surface area contributed by atoms with Gasteiger partial charge in [0.1, 0.15) is 5.82 Å². The SMILES string of the molecule is CC(C)N1CCC(N2CCN(Cc3c(F)cccc3Cl)C[C@H]2CCO)CC1. The summed E-state index contributed by atoms with van der Waals surface area (Å²) in [6, 6.07) is 6.41. The van der Waals surface area contributed by atoms with Crippen molar-refractivity contribution in [2.24, 2.45) is 0 Å². The van der Waals surface area contributed by atoms with Gasteiger partial charge in [0.15, 0.2) is 0 Å². The number of hydrogen-bond donors (Lipinski definition) is 1. The molecule has 4 nitrogen and oxygen atoms in total. The van der Waals surface area contributed by atoms with Crippen LogP contribution in [0.15, 0.2) is 18.2 Å². The summed E-state index contributed by atoms with van der Waals surface area (Å²) in [6.45, 7) is 10.3. The van der Waals surface area contributed by atoms with Crippen LogP contribution in [0.3, 0.4) is 0 Å². The van der Waals surface area contributed by atoms with Crippen LogP contribution in [0.2, 0.25) is 5.02 Å². The fourth-order valence-corrected chi connectivity index (χ4v) is 4.83. The lowest BCUT2D eigenvalue weighted by Gasteiger charge is -2.48. The number of rotatable bonds is 6. The van der Waals surface area contributed by atoms with Crippen LogP contribution in [-0.2, 0) is 6.54 Å². The standard InChI is InChI=1S/C21H33ClFN3O/c1-16(2)25-9-6-17(7-10-25)26-12-11-24(14-18(26)8-13-27)15-19-20(22)4-3-5-21(19)23/h3-5,16-18,27H,6-15H2,1-2H3/t18-/m1/s1. The van der Waals surface area contributed by atoms with Gasteiger partial charge in [0.2, 0.25) is 0 Å². The average Bonchev–Trinajstić information content (AvgIpc) is 2.65. The first kappa shape index (κ1) is 21.0. The van der Waals surface area contributed by atoms with Gasteiger partial charge in [-0.3, -0.25) is 9.80 Å². The van der Waals surface area contributed by atoms with Crippen molar-refractivity contribution in [1.29, 1.82) is 0 Å². The Morgan fingerprint density at radius 3 is 2.56 bits per heavy atom. The van der Waals surface area contributed by atoms with Gasteiger partial charge in [0.25, 0.3) is 0 Å². The Labute approximate surface area is 167 Å². The zero-order chi connectivity index (χ0) is 19.4. The lowest BCUT2D eigenvalue weighted by Crippen LogP contribution is -2.58. The third-order valence-corrected chi connectivity index (χ3v) is 6.57. The summed E-state index contributed by atoms with van der Waals surface area (Å²) >= 11 is 6.21. The molecule has 2 heterocycles. The zero-order valence-electron chi connectivity index (χ0n) is 16.6. The van der Waals surface area contributed by atoms with E-state index in [0.29, 0.717) is 35.3 Å². The fraction of sp³-hybridized carbons (Fsp3) is 0.714. The van der Waals surface area contributed by atoms with Crippen molar-refractivity contribution in [3.8, 4) is 0 Å². The molecule has 0 spiro atoms. The molecule has 0 aromatic heterocycles. The molecule has 1 atom stereocenters. The smallest absolute Gasteiger partial charge is 0.129 e. The van der Waals surface area contributed by atoms with E-state index in [-0.39, 0.29) is 12.4 Å². The van der Waals surface area contributed by atoms with Gasteiger partial charge >= 0.3 is 0 Å². The zero-order valence-corrected chi connectivity index (χ0v) is 17.3.